The first-order valence-corrected chi connectivity index (χ1v) is 4.10. The van der Waals surface area contributed by atoms with Gasteiger partial charge >= 0.3 is 1.43 Å². The molecule has 0 aromatic heterocycles. The summed E-state index contributed by atoms with van der Waals surface area (Å²) in [6.07, 6.45) is 3.50. The fourth-order valence-corrected chi connectivity index (χ4v) is 0. The summed E-state index contributed by atoms with van der Waals surface area (Å²) in [5.74, 6) is -0.667. The van der Waals surface area contributed by atoms with E-state index in [9.17, 15) is 4.79 Å². The summed E-state index contributed by atoms with van der Waals surface area (Å²) in [5, 5.41) is 7.42. The summed E-state index contributed by atoms with van der Waals surface area (Å²) < 4.78 is 0. The average molecular weight is 273 g/mol. The third kappa shape index (κ3) is 1100. The molecule has 0 bridgehead atoms. The summed E-state index contributed by atoms with van der Waals surface area (Å²) in [5.41, 5.74) is 0. The molecule has 0 aliphatic carbocycles. The Labute approximate surface area is 112 Å². The highest BCUT2D eigenvalue weighted by molar-refractivity contribution is 5.72. The monoisotopic (exact) mass is 273 g/mol. The molecule has 0 spiro atoms. The Balaban J connectivity index is -0.00000000929. The zero-order valence-electron chi connectivity index (χ0n) is 13.2. The zero-order chi connectivity index (χ0) is 12.6. The average Bonchev–Trinajstić information content (AvgIpc) is 1.85. The van der Waals surface area contributed by atoms with Crippen molar-refractivity contribution in [2.75, 3.05) is 0 Å². The van der Waals surface area contributed by atoms with Gasteiger partial charge in [0.15, 0.2) is 0 Å². The summed E-state index contributed by atoms with van der Waals surface area (Å²) >= 11 is 0. The van der Waals surface area contributed by atoms with E-state index in [1.165, 1.54) is 13.8 Å². The number of ketones is 1. The molecule has 0 unspecified atom stereocenters. The van der Waals surface area contributed by atoms with Crippen LogP contribution in [-0.4, -0.2) is 27.8 Å². The first kappa shape index (κ1) is 55.0. The van der Waals surface area contributed by atoms with E-state index in [2.05, 4.69) is 13.2 Å². The largest absolute Gasteiger partial charge is 1.00 e. The van der Waals surface area contributed by atoms with Crippen molar-refractivity contribution in [1.82, 2.24) is 12.3 Å². The molecule has 116 valence electrons. The second kappa shape index (κ2) is 77.5. The number of carboxylic acids is 1. The molecule has 11 N–H and O–H groups in total. The van der Waals surface area contributed by atoms with Crippen LogP contribution in [0.2, 0.25) is 0 Å². The lowest BCUT2D eigenvalue weighted by atomic mass is 10.6. The number of carbonyl (C=O) groups is 2. The Morgan fingerprint density at radius 3 is 0.944 bits per heavy atom. The van der Waals surface area contributed by atoms with Crippen LogP contribution in [0.5, 0.6) is 0 Å². The third-order valence-electron chi connectivity index (χ3n) is 0. The minimum Gasteiger partial charge on any atom is -0.481 e. The second-order valence-corrected chi connectivity index (χ2v) is 2.24. The zero-order valence-corrected chi connectivity index (χ0v) is 12.2. The van der Waals surface area contributed by atoms with Crippen LogP contribution in [0.15, 0.2) is 25.3 Å². The first-order valence-electron chi connectivity index (χ1n) is 4.10. The van der Waals surface area contributed by atoms with Crippen molar-refractivity contribution in [3.63, 3.8) is 0 Å². The fraction of sp³-hybridized carbons (Fsp3) is 0.455. The van der Waals surface area contributed by atoms with E-state index < -0.39 is 5.97 Å². The van der Waals surface area contributed by atoms with E-state index in [1.54, 1.807) is 12.2 Å². The van der Waals surface area contributed by atoms with Crippen LogP contribution in [0, 0.1) is 0 Å². The molecular formula is C11H33N2O5+. The van der Waals surface area contributed by atoms with Gasteiger partial charge in [-0.1, -0.05) is 12.2 Å². The molecule has 0 heterocycles. The van der Waals surface area contributed by atoms with Crippen LogP contribution in [0.4, 0.5) is 0 Å². The van der Waals surface area contributed by atoms with E-state index in [-0.39, 0.29) is 30.5 Å². The molecular weight excluding hydrogens is 240 g/mol. The van der Waals surface area contributed by atoms with Gasteiger partial charge in [-0.2, -0.15) is 0 Å². The minimum absolute atomic E-state index is 0. The van der Waals surface area contributed by atoms with Gasteiger partial charge in [-0.05, 0) is 27.7 Å². The van der Waals surface area contributed by atoms with E-state index in [4.69, 9.17) is 9.90 Å². The topological polar surface area (TPSA) is 187 Å². The molecule has 7 heteroatoms. The summed E-state index contributed by atoms with van der Waals surface area (Å²) in [7, 11) is 0. The fourth-order valence-electron chi connectivity index (χ4n) is 0. The normalized spacial score (nSPS) is 4.28. The summed E-state index contributed by atoms with van der Waals surface area (Å²) in [6, 6.07) is 0. The highest BCUT2D eigenvalue weighted by atomic mass is 16.4. The Morgan fingerprint density at radius 2 is 0.944 bits per heavy atom. The molecule has 0 aromatic rings. The van der Waals surface area contributed by atoms with Crippen LogP contribution in [-0.2, 0) is 9.59 Å². The number of hydrogen-bond acceptors (Lipinski definition) is 4. The molecule has 0 atom stereocenters. The molecule has 0 aliphatic rings. The maximum absolute atomic E-state index is 9.44. The third-order valence-corrected chi connectivity index (χ3v) is 0. The van der Waals surface area contributed by atoms with E-state index in [1.807, 2.05) is 13.8 Å². The van der Waals surface area contributed by atoms with Gasteiger partial charge in [0.05, 0.1) is 0 Å². The summed E-state index contributed by atoms with van der Waals surface area (Å²) in [4.78, 5) is 18.4. The predicted molar refractivity (Wildman–Crippen MR) is 79.8 cm³/mol. The predicted octanol–water partition coefficient (Wildman–Crippen LogP) is 1.86. The van der Waals surface area contributed by atoms with Gasteiger partial charge in [0.2, 0.25) is 0 Å². The Bertz CT molecular complexity index is 141. The maximum Gasteiger partial charge on any atom is 1.00 e. The Morgan fingerprint density at radius 1 is 0.944 bits per heavy atom. The lowest BCUT2D eigenvalue weighted by Gasteiger charge is -1.59. The van der Waals surface area contributed by atoms with E-state index in [0.717, 1.165) is 6.92 Å². The van der Waals surface area contributed by atoms with E-state index in [0.29, 0.717) is 0 Å². The smallest absolute Gasteiger partial charge is 0.481 e. The maximum atomic E-state index is 9.44. The molecule has 0 radical (unpaired) electrons. The number of allylic oxidation sites excluding steroid dienone is 2. The highest BCUT2D eigenvalue weighted by Crippen LogP contribution is 1.50. The van der Waals surface area contributed by atoms with Crippen molar-refractivity contribution in [1.29, 1.82) is 0 Å². The van der Waals surface area contributed by atoms with Crippen molar-refractivity contribution >= 4 is 11.8 Å². The van der Waals surface area contributed by atoms with Crippen molar-refractivity contribution in [3.05, 3.63) is 25.3 Å². The molecule has 0 rings (SSSR count). The van der Waals surface area contributed by atoms with E-state index >= 15 is 0 Å². The van der Waals surface area contributed by atoms with Gasteiger partial charge in [0, 0.05) is 6.92 Å². The van der Waals surface area contributed by atoms with Gasteiger partial charge < -0.3 is 33.2 Å². The Hall–Kier alpha value is -1.54. The minimum atomic E-state index is -0.833. The molecule has 7 nitrogen and oxygen atoms in total. The number of carboxylic acid groups (broad SMARTS) is 1. The van der Waals surface area contributed by atoms with Crippen molar-refractivity contribution < 1.29 is 27.1 Å². The van der Waals surface area contributed by atoms with Gasteiger partial charge in [0.1, 0.15) is 5.78 Å². The number of Topliss-reactive ketones (excluding diaryl/α,β-unsaturated/α-hetero) is 1. The van der Waals surface area contributed by atoms with Crippen molar-refractivity contribution in [2.45, 2.75) is 34.6 Å². The highest BCUT2D eigenvalue weighted by Gasteiger charge is 1.65. The quantitative estimate of drug-likeness (QED) is 0.566. The van der Waals surface area contributed by atoms with Crippen LogP contribution >= 0.6 is 0 Å². The molecule has 0 saturated heterocycles. The van der Waals surface area contributed by atoms with Crippen molar-refractivity contribution in [2.24, 2.45) is 0 Å². The number of rotatable bonds is 0. The molecule has 0 aromatic carbocycles. The van der Waals surface area contributed by atoms with Gasteiger partial charge in [0.25, 0.3) is 5.97 Å². The number of carbonyl (C=O) groups excluding carboxylic acids is 1. The van der Waals surface area contributed by atoms with Gasteiger partial charge in [-0.25, -0.2) is 0 Å². The number of hydrogen-bond donors (Lipinski definition) is 3. The standard InChI is InChI=1S/C3H6O.2C3H6.C2H4O2.2H3N.2H2O/c1-3(2)4;2*1-3-2;1-2(3)4;;;;/h1-2H3;2*3H,1H2,2H3;1H3,(H,3,4);2*1H3;2*1H2/p+1. The molecule has 18 heavy (non-hydrogen) atoms. The first-order chi connectivity index (χ1) is 6.29. The lowest BCUT2D eigenvalue weighted by molar-refractivity contribution is -0.134. The lowest BCUT2D eigenvalue weighted by Crippen LogP contribution is -1.78. The summed E-state index contributed by atoms with van der Waals surface area (Å²) in [6.45, 7) is 14.6. The van der Waals surface area contributed by atoms with Crippen LogP contribution in [0.1, 0.15) is 36.0 Å². The molecule has 0 fully saturated rings. The molecule has 0 saturated carbocycles. The molecule has 0 amide bonds. The SMILES string of the molecule is C=CC.C=CC.CC(=O)O.CC(C)=O.N.N.O.O.[H+]. The van der Waals surface area contributed by atoms with Gasteiger partial charge in [-0.3, -0.25) is 4.79 Å². The van der Waals surface area contributed by atoms with Crippen LogP contribution in [0.25, 0.3) is 0 Å². The van der Waals surface area contributed by atoms with Crippen molar-refractivity contribution in [3.8, 4) is 0 Å². The number of aliphatic carboxylic acids is 1. The van der Waals surface area contributed by atoms with Crippen LogP contribution in [0.3, 0.4) is 0 Å². The van der Waals surface area contributed by atoms with Crippen LogP contribution < -0.4 is 12.3 Å². The molecule has 0 aliphatic heterocycles. The second-order valence-electron chi connectivity index (χ2n) is 2.24. The Kier molecular flexibility index (Phi) is 237. The van der Waals surface area contributed by atoms with Gasteiger partial charge in [-0.15, -0.1) is 13.2 Å².